The lowest BCUT2D eigenvalue weighted by atomic mass is 10.1. The molecule has 0 saturated carbocycles. The highest BCUT2D eigenvalue weighted by atomic mass is 32.1. The number of urea groups is 1. The van der Waals surface area contributed by atoms with Crippen molar-refractivity contribution < 1.29 is 19.0 Å². The molecule has 202 valence electrons. The monoisotopic (exact) mass is 550 g/mol. The van der Waals surface area contributed by atoms with Crippen LogP contribution in [0.3, 0.4) is 0 Å². The molecule has 4 aromatic rings. The first-order valence-corrected chi connectivity index (χ1v) is 13.5. The van der Waals surface area contributed by atoms with E-state index in [9.17, 15) is 19.1 Å². The number of hydrogen-bond donors (Lipinski definition) is 1. The number of pyridine rings is 1. The lowest BCUT2D eigenvalue weighted by molar-refractivity contribution is 0.122. The maximum Gasteiger partial charge on any atom is 0.324 e. The highest BCUT2D eigenvalue weighted by Crippen LogP contribution is 2.34. The molecule has 2 saturated heterocycles. The van der Waals surface area contributed by atoms with Crippen LogP contribution in [0.4, 0.5) is 20.6 Å². The summed E-state index contributed by atoms with van der Waals surface area (Å²) in [4.78, 5) is 41.8. The Bertz CT molecular complexity index is 1650. The molecule has 2 aliphatic heterocycles. The van der Waals surface area contributed by atoms with E-state index in [1.54, 1.807) is 48.3 Å². The van der Waals surface area contributed by atoms with E-state index in [1.807, 2.05) is 6.07 Å². The average molecular weight is 551 g/mol. The van der Waals surface area contributed by atoms with Crippen molar-refractivity contribution in [3.63, 3.8) is 0 Å². The third-order valence-corrected chi connectivity index (χ3v) is 8.11. The minimum absolute atomic E-state index is 0.0620. The van der Waals surface area contributed by atoms with Crippen molar-refractivity contribution in [1.29, 1.82) is 0 Å². The summed E-state index contributed by atoms with van der Waals surface area (Å²) in [6.45, 7) is 5.09. The molecule has 1 N–H and O–H groups in total. The van der Waals surface area contributed by atoms with Gasteiger partial charge in [-0.2, -0.15) is 0 Å². The van der Waals surface area contributed by atoms with Crippen molar-refractivity contribution >= 4 is 34.4 Å². The summed E-state index contributed by atoms with van der Waals surface area (Å²) in [5, 5.41) is 11.4. The molecule has 3 aromatic heterocycles. The summed E-state index contributed by atoms with van der Waals surface area (Å²) in [7, 11) is 1.73. The number of morpholine rings is 1. The van der Waals surface area contributed by atoms with Crippen molar-refractivity contribution in [2.45, 2.75) is 13.3 Å². The van der Waals surface area contributed by atoms with E-state index in [-0.39, 0.29) is 23.2 Å². The van der Waals surface area contributed by atoms with Gasteiger partial charge in [-0.3, -0.25) is 14.1 Å². The number of rotatable bonds is 5. The van der Waals surface area contributed by atoms with E-state index in [0.29, 0.717) is 62.1 Å². The van der Waals surface area contributed by atoms with Gasteiger partial charge in [0.1, 0.15) is 16.5 Å². The number of aromatic nitrogens is 3. The Morgan fingerprint density at radius 3 is 2.64 bits per heavy atom. The second-order valence-corrected chi connectivity index (χ2v) is 10.9. The van der Waals surface area contributed by atoms with Crippen molar-refractivity contribution in [2.24, 2.45) is 0 Å². The molecular formula is C27H27FN6O4S. The number of carbonyl (C=O) groups is 1. The molecule has 0 bridgehead atoms. The number of thiazole rings is 1. The van der Waals surface area contributed by atoms with Crippen molar-refractivity contribution in [3.8, 4) is 16.5 Å². The Hall–Kier alpha value is -4.03. The van der Waals surface area contributed by atoms with Gasteiger partial charge in [-0.15, -0.1) is 11.3 Å². The first-order chi connectivity index (χ1) is 18.8. The number of anilines is 2. The van der Waals surface area contributed by atoms with Gasteiger partial charge in [0.15, 0.2) is 5.65 Å². The molecule has 10 nitrogen and oxygen atoms in total. The fourth-order valence-corrected chi connectivity index (χ4v) is 5.87. The van der Waals surface area contributed by atoms with E-state index in [1.165, 1.54) is 21.8 Å². The Morgan fingerprint density at radius 1 is 1.13 bits per heavy atom. The summed E-state index contributed by atoms with van der Waals surface area (Å²) in [6.07, 6.45) is 3.84. The quantitative estimate of drug-likeness (QED) is 0.407. The van der Waals surface area contributed by atoms with Gasteiger partial charge in [-0.25, -0.2) is 19.2 Å². The number of aryl methyl sites for hydroxylation is 1. The van der Waals surface area contributed by atoms with Gasteiger partial charge in [0, 0.05) is 56.9 Å². The second-order valence-electron chi connectivity index (χ2n) is 9.74. The number of aromatic hydroxyl groups is 1. The number of amides is 2. The number of likely N-dealkylation sites (N-methyl/N-ethyl adjacent to an activating group) is 1. The molecule has 6 rings (SSSR count). The van der Waals surface area contributed by atoms with Gasteiger partial charge >= 0.3 is 11.6 Å². The van der Waals surface area contributed by atoms with Gasteiger partial charge in [0.2, 0.25) is 5.75 Å². The minimum atomic E-state index is -0.641. The van der Waals surface area contributed by atoms with Crippen LogP contribution in [0.25, 0.3) is 16.3 Å². The number of halogens is 1. The maximum atomic E-state index is 13.7. The predicted molar refractivity (Wildman–Crippen MR) is 147 cm³/mol. The zero-order valence-electron chi connectivity index (χ0n) is 21.6. The topological polar surface area (TPSA) is 104 Å². The van der Waals surface area contributed by atoms with E-state index >= 15 is 0 Å². The number of ether oxygens (including phenoxy) is 1. The molecule has 0 atom stereocenters. The van der Waals surface area contributed by atoms with Crippen LogP contribution in [0, 0.1) is 12.7 Å². The van der Waals surface area contributed by atoms with E-state index in [4.69, 9.17) is 9.72 Å². The zero-order chi connectivity index (χ0) is 27.3. The van der Waals surface area contributed by atoms with Crippen LogP contribution in [0.5, 0.6) is 5.75 Å². The zero-order valence-corrected chi connectivity index (χ0v) is 22.4. The average Bonchev–Trinajstić information content (AvgIpc) is 3.54. The maximum absolute atomic E-state index is 13.7. The van der Waals surface area contributed by atoms with E-state index in [2.05, 4.69) is 9.88 Å². The first kappa shape index (κ1) is 25.3. The molecule has 0 spiro atoms. The van der Waals surface area contributed by atoms with Crippen LogP contribution in [-0.4, -0.2) is 76.8 Å². The summed E-state index contributed by atoms with van der Waals surface area (Å²) >= 11 is 1.30. The number of fused-ring (bicyclic) bond motifs is 1. The number of hydrogen-bond acceptors (Lipinski definition) is 8. The van der Waals surface area contributed by atoms with Crippen molar-refractivity contribution in [3.05, 3.63) is 68.8 Å². The fraction of sp³-hybridized carbons (Fsp3) is 0.333. The molecule has 2 amide bonds. The normalized spacial score (nSPS) is 16.1. The lowest BCUT2D eigenvalue weighted by Gasteiger charge is -2.30. The van der Waals surface area contributed by atoms with Crippen LogP contribution in [0.15, 0.2) is 41.5 Å². The Balaban J connectivity index is 1.45. The highest BCUT2D eigenvalue weighted by Gasteiger charge is 2.31. The van der Waals surface area contributed by atoms with Crippen LogP contribution < -0.4 is 15.4 Å². The molecule has 5 heterocycles. The summed E-state index contributed by atoms with van der Waals surface area (Å²) in [5.41, 5.74) is 2.40. The Kier molecular flexibility index (Phi) is 6.43. The van der Waals surface area contributed by atoms with Gasteiger partial charge in [-0.05, 0) is 30.2 Å². The standard InChI is InChI=1S/C27H27FN6O4S/c1-16-11-17(3-4-20(16)28)12-19-14-29-25(39-19)22-23(35)26(36)34-15-18(32-7-9-38-10-8-32)13-21(24(34)30-22)33-6-5-31(2)27(33)37/h3-4,11,13-15,35H,5-10,12H2,1-2H3. The number of benzene rings is 1. The smallest absolute Gasteiger partial charge is 0.324 e. The Labute approximate surface area is 227 Å². The molecule has 2 aliphatic rings. The van der Waals surface area contributed by atoms with E-state index < -0.39 is 11.3 Å². The fourth-order valence-electron chi connectivity index (χ4n) is 4.93. The second kappa shape index (κ2) is 9.93. The van der Waals surface area contributed by atoms with Gasteiger partial charge < -0.3 is 19.6 Å². The van der Waals surface area contributed by atoms with Crippen molar-refractivity contribution in [2.75, 3.05) is 56.2 Å². The molecule has 1 aromatic carbocycles. The van der Waals surface area contributed by atoms with Crippen molar-refractivity contribution in [1.82, 2.24) is 19.3 Å². The molecular weight excluding hydrogens is 523 g/mol. The molecule has 0 unspecified atom stereocenters. The SMILES string of the molecule is Cc1cc(Cc2cnc(-c3nc4c(N5CCN(C)C5=O)cc(N5CCOCC5)cn4c(=O)c3O)s2)ccc1F. The summed E-state index contributed by atoms with van der Waals surface area (Å²) in [6, 6.07) is 6.63. The molecule has 0 aliphatic carbocycles. The molecule has 39 heavy (non-hydrogen) atoms. The lowest BCUT2D eigenvalue weighted by Crippen LogP contribution is -2.37. The third-order valence-electron chi connectivity index (χ3n) is 7.11. The van der Waals surface area contributed by atoms with Gasteiger partial charge in [-0.1, -0.05) is 12.1 Å². The molecule has 12 heteroatoms. The summed E-state index contributed by atoms with van der Waals surface area (Å²) < 4.78 is 20.5. The highest BCUT2D eigenvalue weighted by molar-refractivity contribution is 7.15. The molecule has 2 fully saturated rings. The van der Waals surface area contributed by atoms with Gasteiger partial charge in [0.05, 0.1) is 24.6 Å². The van der Waals surface area contributed by atoms with E-state index in [0.717, 1.165) is 16.1 Å². The first-order valence-electron chi connectivity index (χ1n) is 12.6. The minimum Gasteiger partial charge on any atom is -0.501 e. The van der Waals surface area contributed by atoms with Gasteiger partial charge in [0.25, 0.3) is 0 Å². The third kappa shape index (κ3) is 4.59. The number of carbonyl (C=O) groups excluding carboxylic acids is 1. The van der Waals surface area contributed by atoms with Crippen LogP contribution >= 0.6 is 11.3 Å². The van der Waals surface area contributed by atoms with Crippen LogP contribution in [-0.2, 0) is 11.2 Å². The predicted octanol–water partition coefficient (Wildman–Crippen LogP) is 3.27. The summed E-state index contributed by atoms with van der Waals surface area (Å²) in [5.74, 6) is -0.772. The number of nitrogens with zero attached hydrogens (tertiary/aromatic N) is 6. The Morgan fingerprint density at radius 2 is 1.92 bits per heavy atom. The molecule has 0 radical (unpaired) electrons. The van der Waals surface area contributed by atoms with Crippen LogP contribution in [0.2, 0.25) is 0 Å². The largest absolute Gasteiger partial charge is 0.501 e. The van der Waals surface area contributed by atoms with Crippen LogP contribution in [0.1, 0.15) is 16.0 Å².